The van der Waals surface area contributed by atoms with Gasteiger partial charge in [-0.2, -0.15) is 0 Å². The number of carbonyl (C=O) groups is 3. The Hall–Kier alpha value is -3.46. The molecular formula is C27H33FN4O4. The van der Waals surface area contributed by atoms with Gasteiger partial charge in [-0.15, -0.1) is 0 Å². The summed E-state index contributed by atoms with van der Waals surface area (Å²) in [6.45, 7) is 3.50. The minimum absolute atomic E-state index is 0.00474. The van der Waals surface area contributed by atoms with Crippen molar-refractivity contribution in [3.63, 3.8) is 0 Å². The quantitative estimate of drug-likeness (QED) is 0.467. The lowest BCUT2D eigenvalue weighted by Gasteiger charge is -2.35. The molecular weight excluding hydrogens is 463 g/mol. The molecule has 4 rings (SSSR count). The first-order chi connectivity index (χ1) is 17.4. The normalized spacial score (nSPS) is 20.7. The third kappa shape index (κ3) is 7.27. The van der Waals surface area contributed by atoms with Gasteiger partial charge in [-0.05, 0) is 42.5 Å². The van der Waals surface area contributed by atoms with Gasteiger partial charge in [0.25, 0.3) is 0 Å². The Labute approximate surface area is 210 Å². The molecule has 9 heteroatoms. The number of carbonyl (C=O) groups excluding carboxylic acids is 3. The summed E-state index contributed by atoms with van der Waals surface area (Å²) in [7, 11) is 0. The second-order valence-electron chi connectivity index (χ2n) is 9.50. The molecule has 0 aliphatic carbocycles. The van der Waals surface area contributed by atoms with E-state index >= 15 is 0 Å². The van der Waals surface area contributed by atoms with E-state index in [1.54, 1.807) is 6.07 Å². The second kappa shape index (κ2) is 12.0. The fourth-order valence-electron chi connectivity index (χ4n) is 4.81. The van der Waals surface area contributed by atoms with Crippen molar-refractivity contribution in [2.75, 3.05) is 19.7 Å². The zero-order chi connectivity index (χ0) is 25.5. The monoisotopic (exact) mass is 496 g/mol. The molecule has 8 nitrogen and oxygen atoms in total. The van der Waals surface area contributed by atoms with Crippen LogP contribution in [0.25, 0.3) is 0 Å². The highest BCUT2D eigenvalue weighted by atomic mass is 19.1. The van der Waals surface area contributed by atoms with E-state index in [1.165, 1.54) is 19.1 Å². The fraction of sp³-hybridized carbons (Fsp3) is 0.444. The third-order valence-electron chi connectivity index (χ3n) is 6.48. The van der Waals surface area contributed by atoms with Crippen LogP contribution >= 0.6 is 0 Å². The maximum atomic E-state index is 14.4. The Bertz CT molecular complexity index is 1080. The Balaban J connectivity index is 1.40. The Kier molecular flexibility index (Phi) is 8.53. The maximum absolute atomic E-state index is 14.4. The average Bonchev–Trinajstić information content (AvgIpc) is 3.25. The molecule has 0 aromatic heterocycles. The SMILES string of the molecule is CC(=O)N[C@@H](Cc1cc(F)cc(OC[C@H]2CCC(=O)N2)c1)C[C@@H]1NCCN(Cc2ccccc2)C1=O. The lowest BCUT2D eigenvalue weighted by atomic mass is 9.97. The van der Waals surface area contributed by atoms with Gasteiger partial charge in [-0.3, -0.25) is 14.4 Å². The van der Waals surface area contributed by atoms with Crippen molar-refractivity contribution in [1.29, 1.82) is 0 Å². The smallest absolute Gasteiger partial charge is 0.240 e. The van der Waals surface area contributed by atoms with Crippen LogP contribution in [0, 0.1) is 5.82 Å². The van der Waals surface area contributed by atoms with Crippen molar-refractivity contribution >= 4 is 17.7 Å². The third-order valence-corrected chi connectivity index (χ3v) is 6.48. The lowest BCUT2D eigenvalue weighted by molar-refractivity contribution is -0.137. The maximum Gasteiger partial charge on any atom is 0.240 e. The second-order valence-corrected chi connectivity index (χ2v) is 9.50. The van der Waals surface area contributed by atoms with Crippen molar-refractivity contribution < 1.29 is 23.5 Å². The van der Waals surface area contributed by atoms with Crippen molar-refractivity contribution in [2.24, 2.45) is 0 Å². The number of hydrogen-bond donors (Lipinski definition) is 3. The van der Waals surface area contributed by atoms with Gasteiger partial charge in [-0.25, -0.2) is 4.39 Å². The summed E-state index contributed by atoms with van der Waals surface area (Å²) in [4.78, 5) is 38.3. The molecule has 3 amide bonds. The van der Waals surface area contributed by atoms with Crippen molar-refractivity contribution in [1.82, 2.24) is 20.9 Å². The molecule has 0 saturated carbocycles. The number of hydrogen-bond acceptors (Lipinski definition) is 5. The van der Waals surface area contributed by atoms with E-state index < -0.39 is 11.9 Å². The molecule has 3 N–H and O–H groups in total. The number of amides is 3. The molecule has 2 aliphatic rings. The number of rotatable bonds is 10. The predicted octanol–water partition coefficient (Wildman–Crippen LogP) is 1.92. The van der Waals surface area contributed by atoms with Gasteiger partial charge >= 0.3 is 0 Å². The minimum Gasteiger partial charge on any atom is -0.491 e. The Morgan fingerprint density at radius 2 is 2.00 bits per heavy atom. The summed E-state index contributed by atoms with van der Waals surface area (Å²) >= 11 is 0. The first kappa shape index (κ1) is 25.6. The van der Waals surface area contributed by atoms with Gasteiger partial charge < -0.3 is 25.6 Å². The summed E-state index contributed by atoms with van der Waals surface area (Å²) in [6.07, 6.45) is 1.88. The highest BCUT2D eigenvalue weighted by molar-refractivity contribution is 5.83. The van der Waals surface area contributed by atoms with E-state index in [2.05, 4.69) is 16.0 Å². The lowest BCUT2D eigenvalue weighted by Crippen LogP contribution is -2.56. The van der Waals surface area contributed by atoms with Crippen molar-refractivity contribution in [3.05, 3.63) is 65.5 Å². The van der Waals surface area contributed by atoms with Crippen LogP contribution in [-0.4, -0.2) is 60.4 Å². The van der Waals surface area contributed by atoms with Gasteiger partial charge in [-0.1, -0.05) is 30.3 Å². The van der Waals surface area contributed by atoms with Crippen molar-refractivity contribution in [2.45, 2.75) is 57.3 Å². The number of benzene rings is 2. The van der Waals surface area contributed by atoms with E-state index in [4.69, 9.17) is 4.74 Å². The average molecular weight is 497 g/mol. The summed E-state index contributed by atoms with van der Waals surface area (Å²) < 4.78 is 20.1. The van der Waals surface area contributed by atoms with Crippen LogP contribution in [0.1, 0.15) is 37.3 Å². The van der Waals surface area contributed by atoms with Crippen LogP contribution < -0.4 is 20.7 Å². The molecule has 0 bridgehead atoms. The first-order valence-corrected chi connectivity index (χ1v) is 12.4. The number of halogens is 1. The molecule has 2 aromatic rings. The van der Waals surface area contributed by atoms with Gasteiger partial charge in [0.2, 0.25) is 17.7 Å². The summed E-state index contributed by atoms with van der Waals surface area (Å²) in [6, 6.07) is 13.4. The van der Waals surface area contributed by atoms with Crippen LogP contribution in [0.5, 0.6) is 5.75 Å². The van der Waals surface area contributed by atoms with Gasteiger partial charge in [0, 0.05) is 45.1 Å². The molecule has 2 fully saturated rings. The molecule has 0 unspecified atom stereocenters. The topological polar surface area (TPSA) is 99.8 Å². The first-order valence-electron chi connectivity index (χ1n) is 12.4. The summed E-state index contributed by atoms with van der Waals surface area (Å²) in [5, 5.41) is 9.02. The molecule has 192 valence electrons. The van der Waals surface area contributed by atoms with E-state index in [-0.39, 0.29) is 36.4 Å². The zero-order valence-electron chi connectivity index (χ0n) is 20.5. The number of piperazine rings is 1. The fourth-order valence-corrected chi connectivity index (χ4v) is 4.81. The highest BCUT2D eigenvalue weighted by Gasteiger charge is 2.31. The molecule has 2 aromatic carbocycles. The number of nitrogens with one attached hydrogen (secondary N) is 3. The van der Waals surface area contributed by atoms with E-state index in [1.807, 2.05) is 35.2 Å². The highest BCUT2D eigenvalue weighted by Crippen LogP contribution is 2.21. The zero-order valence-corrected chi connectivity index (χ0v) is 20.5. The summed E-state index contributed by atoms with van der Waals surface area (Å²) in [5.74, 6) is -0.305. The molecule has 2 aliphatic heterocycles. The Morgan fingerprint density at radius 1 is 1.19 bits per heavy atom. The Morgan fingerprint density at radius 3 is 2.72 bits per heavy atom. The number of ether oxygens (including phenoxy) is 1. The molecule has 2 heterocycles. The van der Waals surface area contributed by atoms with Crippen LogP contribution in [0.15, 0.2) is 48.5 Å². The van der Waals surface area contributed by atoms with E-state index in [0.29, 0.717) is 56.6 Å². The number of nitrogens with zero attached hydrogens (tertiary/aromatic N) is 1. The van der Waals surface area contributed by atoms with Crippen LogP contribution in [0.4, 0.5) is 4.39 Å². The molecule has 36 heavy (non-hydrogen) atoms. The molecule has 0 spiro atoms. The van der Waals surface area contributed by atoms with E-state index in [0.717, 1.165) is 5.56 Å². The largest absolute Gasteiger partial charge is 0.491 e. The minimum atomic E-state index is -0.449. The molecule has 0 radical (unpaired) electrons. The standard InChI is InChI=1S/C27H33FN4O4/c1-18(33)30-23(15-25-27(35)32(10-9-29-25)16-19-5-3-2-4-6-19)12-20-11-21(28)14-24(13-20)36-17-22-7-8-26(34)31-22/h2-6,11,13-14,22-23,25,29H,7-10,12,15-17H2,1H3,(H,30,33)(H,31,34)/t22-,23+,25+/m1/s1. The van der Waals surface area contributed by atoms with E-state index in [9.17, 15) is 18.8 Å². The molecule has 2 saturated heterocycles. The summed E-state index contributed by atoms with van der Waals surface area (Å²) in [5.41, 5.74) is 1.72. The predicted molar refractivity (Wildman–Crippen MR) is 133 cm³/mol. The van der Waals surface area contributed by atoms with Crippen LogP contribution in [0.2, 0.25) is 0 Å². The van der Waals surface area contributed by atoms with Gasteiger partial charge in [0.15, 0.2) is 0 Å². The van der Waals surface area contributed by atoms with Gasteiger partial charge in [0.05, 0.1) is 12.1 Å². The molecule has 3 atom stereocenters. The van der Waals surface area contributed by atoms with Gasteiger partial charge in [0.1, 0.15) is 18.2 Å². The van der Waals surface area contributed by atoms with Crippen LogP contribution in [-0.2, 0) is 27.3 Å². The van der Waals surface area contributed by atoms with Crippen molar-refractivity contribution in [3.8, 4) is 5.75 Å². The van der Waals surface area contributed by atoms with Crippen LogP contribution in [0.3, 0.4) is 0 Å².